The Kier molecular flexibility index (Phi) is 3.85. The van der Waals surface area contributed by atoms with Crippen molar-refractivity contribution in [3.8, 4) is 11.5 Å². The maximum absolute atomic E-state index is 5.91. The zero-order valence-electron chi connectivity index (χ0n) is 11.7. The summed E-state index contributed by atoms with van der Waals surface area (Å²) in [6.07, 6.45) is 0. The van der Waals surface area contributed by atoms with Crippen molar-refractivity contribution < 1.29 is 4.74 Å². The van der Waals surface area contributed by atoms with Crippen LogP contribution in [0.2, 0.25) is 0 Å². The lowest BCUT2D eigenvalue weighted by molar-refractivity contribution is 0.481. The van der Waals surface area contributed by atoms with Crippen molar-refractivity contribution in [1.82, 2.24) is 4.31 Å². The fourth-order valence-electron chi connectivity index (χ4n) is 2.20. The molecular formula is C16H18N2OS. The highest BCUT2D eigenvalue weighted by Crippen LogP contribution is 2.37. The molecule has 4 heteroatoms. The molecular weight excluding hydrogens is 268 g/mol. The predicted octanol–water partition coefficient (Wildman–Crippen LogP) is 3.87. The standard InChI is InChI=1S/C16H18N2OS/c1-17-10-11-18(2)20-16-12-14(8-9-15(16)17)19-13-6-4-3-5-7-13/h3-9,12H,10-11H2,1-2H3. The molecule has 0 aliphatic carbocycles. The number of anilines is 1. The molecule has 0 atom stereocenters. The van der Waals surface area contributed by atoms with Crippen molar-refractivity contribution in [3.63, 3.8) is 0 Å². The SMILES string of the molecule is CN1CCN(C)c2ccc(Oc3ccccc3)cc2S1. The van der Waals surface area contributed by atoms with Crippen molar-refractivity contribution in [2.75, 3.05) is 32.1 Å². The number of nitrogens with zero attached hydrogens (tertiary/aromatic N) is 2. The lowest BCUT2D eigenvalue weighted by Crippen LogP contribution is -2.24. The second kappa shape index (κ2) is 5.77. The van der Waals surface area contributed by atoms with Crippen molar-refractivity contribution in [1.29, 1.82) is 0 Å². The van der Waals surface area contributed by atoms with Crippen molar-refractivity contribution in [3.05, 3.63) is 48.5 Å². The van der Waals surface area contributed by atoms with Crippen LogP contribution in [0.5, 0.6) is 11.5 Å². The second-order valence-electron chi connectivity index (χ2n) is 4.91. The molecule has 2 aromatic carbocycles. The number of benzene rings is 2. The van der Waals surface area contributed by atoms with Gasteiger partial charge in [-0.3, -0.25) is 0 Å². The smallest absolute Gasteiger partial charge is 0.128 e. The summed E-state index contributed by atoms with van der Waals surface area (Å²) in [5.41, 5.74) is 1.26. The van der Waals surface area contributed by atoms with Gasteiger partial charge in [0.1, 0.15) is 11.5 Å². The van der Waals surface area contributed by atoms with Crippen LogP contribution in [0.1, 0.15) is 0 Å². The molecule has 0 spiro atoms. The minimum absolute atomic E-state index is 0.868. The minimum Gasteiger partial charge on any atom is -0.457 e. The number of para-hydroxylation sites is 1. The summed E-state index contributed by atoms with van der Waals surface area (Å²) < 4.78 is 8.16. The Morgan fingerprint density at radius 2 is 1.75 bits per heavy atom. The monoisotopic (exact) mass is 286 g/mol. The summed E-state index contributed by atoms with van der Waals surface area (Å²) >= 11 is 1.77. The molecule has 0 radical (unpaired) electrons. The minimum atomic E-state index is 0.868. The largest absolute Gasteiger partial charge is 0.457 e. The van der Waals surface area contributed by atoms with E-state index in [4.69, 9.17) is 4.74 Å². The highest BCUT2D eigenvalue weighted by molar-refractivity contribution is 7.97. The van der Waals surface area contributed by atoms with Gasteiger partial charge in [0.05, 0.1) is 10.6 Å². The van der Waals surface area contributed by atoms with E-state index in [1.54, 1.807) is 11.9 Å². The highest BCUT2D eigenvalue weighted by Gasteiger charge is 2.16. The lowest BCUT2D eigenvalue weighted by Gasteiger charge is -2.18. The first kappa shape index (κ1) is 13.3. The summed E-state index contributed by atoms with van der Waals surface area (Å²) in [5, 5.41) is 0. The van der Waals surface area contributed by atoms with Crippen molar-refractivity contribution >= 4 is 17.6 Å². The van der Waals surface area contributed by atoms with Crippen LogP contribution in [0.25, 0.3) is 0 Å². The van der Waals surface area contributed by atoms with Crippen molar-refractivity contribution in [2.45, 2.75) is 4.90 Å². The molecule has 2 aromatic rings. The Morgan fingerprint density at radius 1 is 0.950 bits per heavy atom. The Bertz CT molecular complexity index is 588. The van der Waals surface area contributed by atoms with Gasteiger partial charge < -0.3 is 9.64 Å². The molecule has 0 aromatic heterocycles. The van der Waals surface area contributed by atoms with Gasteiger partial charge in [-0.1, -0.05) is 18.2 Å². The van der Waals surface area contributed by atoms with Crippen molar-refractivity contribution in [2.24, 2.45) is 0 Å². The summed E-state index contributed by atoms with van der Waals surface area (Å²) in [7, 11) is 4.26. The maximum Gasteiger partial charge on any atom is 0.128 e. The predicted molar refractivity (Wildman–Crippen MR) is 84.7 cm³/mol. The molecule has 1 aliphatic heterocycles. The van der Waals surface area contributed by atoms with Gasteiger partial charge in [0.25, 0.3) is 0 Å². The molecule has 0 unspecified atom stereocenters. The third-order valence-electron chi connectivity index (χ3n) is 3.33. The van der Waals surface area contributed by atoms with Gasteiger partial charge >= 0.3 is 0 Å². The lowest BCUT2D eigenvalue weighted by atomic mass is 10.2. The van der Waals surface area contributed by atoms with Gasteiger partial charge in [-0.05, 0) is 49.3 Å². The van der Waals surface area contributed by atoms with Gasteiger partial charge in [-0.15, -0.1) is 0 Å². The molecule has 0 saturated heterocycles. The quantitative estimate of drug-likeness (QED) is 0.778. The summed E-state index contributed by atoms with van der Waals surface area (Å²) in [4.78, 5) is 3.53. The molecule has 104 valence electrons. The first-order chi connectivity index (χ1) is 9.72. The van der Waals surface area contributed by atoms with Crippen LogP contribution in [0.15, 0.2) is 53.4 Å². The normalized spacial score (nSPS) is 15.6. The Labute approximate surface area is 124 Å². The van der Waals surface area contributed by atoms with Gasteiger partial charge in [-0.25, -0.2) is 4.31 Å². The van der Waals surface area contributed by atoms with Gasteiger partial charge in [0.2, 0.25) is 0 Å². The van der Waals surface area contributed by atoms with E-state index in [0.717, 1.165) is 24.6 Å². The third-order valence-corrected chi connectivity index (χ3v) is 4.34. The van der Waals surface area contributed by atoms with E-state index < -0.39 is 0 Å². The van der Waals surface area contributed by atoms with Crippen LogP contribution in [-0.4, -0.2) is 31.5 Å². The number of ether oxygens (including phenoxy) is 1. The van der Waals surface area contributed by atoms with E-state index in [1.165, 1.54) is 10.6 Å². The zero-order chi connectivity index (χ0) is 13.9. The van der Waals surface area contributed by atoms with E-state index >= 15 is 0 Å². The van der Waals surface area contributed by atoms with Crippen LogP contribution in [0.4, 0.5) is 5.69 Å². The van der Waals surface area contributed by atoms with Crippen LogP contribution in [0.3, 0.4) is 0 Å². The number of rotatable bonds is 2. The molecule has 1 aliphatic rings. The van der Waals surface area contributed by atoms with E-state index in [-0.39, 0.29) is 0 Å². The van der Waals surface area contributed by atoms with E-state index in [1.807, 2.05) is 36.4 Å². The van der Waals surface area contributed by atoms with Gasteiger partial charge in [-0.2, -0.15) is 0 Å². The summed E-state index contributed by atoms with van der Waals surface area (Å²) in [5.74, 6) is 1.75. The Balaban J connectivity index is 1.88. The van der Waals surface area contributed by atoms with E-state index in [2.05, 4.69) is 35.4 Å². The Morgan fingerprint density at radius 3 is 2.55 bits per heavy atom. The third kappa shape index (κ3) is 2.92. The number of hydrogen-bond acceptors (Lipinski definition) is 4. The zero-order valence-corrected chi connectivity index (χ0v) is 12.6. The summed E-state index contributed by atoms with van der Waals surface area (Å²) in [6, 6.07) is 16.2. The molecule has 3 rings (SSSR count). The molecule has 0 amide bonds. The maximum atomic E-state index is 5.91. The fraction of sp³-hybridized carbons (Fsp3) is 0.250. The molecule has 0 saturated carbocycles. The summed E-state index contributed by atoms with van der Waals surface area (Å²) in [6.45, 7) is 2.08. The highest BCUT2D eigenvalue weighted by atomic mass is 32.2. The van der Waals surface area contributed by atoms with Crippen LogP contribution in [0, 0.1) is 0 Å². The van der Waals surface area contributed by atoms with Gasteiger partial charge in [0.15, 0.2) is 0 Å². The average molecular weight is 286 g/mol. The van der Waals surface area contributed by atoms with E-state index in [0.29, 0.717) is 0 Å². The molecule has 20 heavy (non-hydrogen) atoms. The van der Waals surface area contributed by atoms with Crippen LogP contribution < -0.4 is 9.64 Å². The Hall–Kier alpha value is -1.65. The van der Waals surface area contributed by atoms with Crippen LogP contribution >= 0.6 is 11.9 Å². The molecule has 0 fully saturated rings. The van der Waals surface area contributed by atoms with E-state index in [9.17, 15) is 0 Å². The fourth-order valence-corrected chi connectivity index (χ4v) is 3.19. The molecule has 0 N–H and O–H groups in total. The number of likely N-dealkylation sites (N-methyl/N-ethyl adjacent to an activating group) is 2. The van der Waals surface area contributed by atoms with Gasteiger partial charge in [0, 0.05) is 20.1 Å². The second-order valence-corrected chi connectivity index (χ2v) is 6.15. The molecule has 0 bridgehead atoms. The molecule has 1 heterocycles. The topological polar surface area (TPSA) is 15.7 Å². The number of fused-ring (bicyclic) bond motifs is 1. The molecule has 3 nitrogen and oxygen atoms in total. The average Bonchev–Trinajstić information content (AvgIpc) is 2.59. The first-order valence-corrected chi connectivity index (χ1v) is 7.47. The first-order valence-electron chi connectivity index (χ1n) is 6.69. The van der Waals surface area contributed by atoms with Crippen LogP contribution in [-0.2, 0) is 0 Å². The number of hydrogen-bond donors (Lipinski definition) is 0.